The second kappa shape index (κ2) is 36.4. The average molecular weight is 941 g/mol. The van der Waals surface area contributed by atoms with Gasteiger partial charge in [0.05, 0.1) is 6.61 Å². The monoisotopic (exact) mass is 941 g/mol. The van der Waals surface area contributed by atoms with Crippen molar-refractivity contribution in [2.24, 2.45) is 0 Å². The highest BCUT2D eigenvalue weighted by Gasteiger charge is 2.54. The minimum atomic E-state index is -5.36. The number of allylic oxidation sites excluding steroid dienone is 6. The summed E-state index contributed by atoms with van der Waals surface area (Å²) in [7, 11) is -10.7. The van der Waals surface area contributed by atoms with Crippen LogP contribution in [-0.2, 0) is 41.8 Å². The van der Waals surface area contributed by atoms with Crippen LogP contribution in [-0.4, -0.2) is 103 Å². The average Bonchev–Trinajstić information content (AvgIpc) is 3.23. The molecule has 1 aliphatic carbocycles. The van der Waals surface area contributed by atoms with Gasteiger partial charge in [0.25, 0.3) is 0 Å². The molecule has 7 N–H and O–H groups in total. The van der Waals surface area contributed by atoms with Crippen molar-refractivity contribution in [3.8, 4) is 0 Å². The molecule has 0 bridgehead atoms. The summed E-state index contributed by atoms with van der Waals surface area (Å²) >= 11 is 0. The number of esters is 2. The zero-order valence-electron chi connectivity index (χ0n) is 38.0. The smallest absolute Gasteiger partial charge is 0.462 e. The van der Waals surface area contributed by atoms with Crippen LogP contribution in [0.2, 0.25) is 0 Å². The minimum absolute atomic E-state index is 0.0431. The lowest BCUT2D eigenvalue weighted by Gasteiger charge is -2.43. The number of phosphoric ester groups is 2. The van der Waals surface area contributed by atoms with Crippen LogP contribution < -0.4 is 0 Å². The van der Waals surface area contributed by atoms with Crippen molar-refractivity contribution in [2.45, 2.75) is 224 Å². The first-order valence-corrected chi connectivity index (χ1v) is 26.6. The molecule has 16 nitrogen and oxygen atoms in total. The molecule has 5 unspecified atom stereocenters. The Kier molecular flexibility index (Phi) is 34.2. The van der Waals surface area contributed by atoms with Crippen LogP contribution in [0.1, 0.15) is 181 Å². The molecular formula is C45H82O16P2. The lowest BCUT2D eigenvalue weighted by Crippen LogP contribution is -2.64. The van der Waals surface area contributed by atoms with Crippen LogP contribution in [0.5, 0.6) is 0 Å². The molecule has 0 aromatic carbocycles. The van der Waals surface area contributed by atoms with Crippen LogP contribution in [0.4, 0.5) is 0 Å². The van der Waals surface area contributed by atoms with Gasteiger partial charge in [-0.25, -0.2) is 9.13 Å². The second-order valence-corrected chi connectivity index (χ2v) is 19.1. The number of rotatable bonds is 39. The van der Waals surface area contributed by atoms with E-state index in [1.807, 2.05) is 0 Å². The second-order valence-electron chi connectivity index (χ2n) is 16.5. The van der Waals surface area contributed by atoms with E-state index < -0.39 is 83.5 Å². The summed E-state index contributed by atoms with van der Waals surface area (Å²) in [4.78, 5) is 54.2. The maximum absolute atomic E-state index is 13.0. The van der Waals surface area contributed by atoms with E-state index >= 15 is 0 Å². The first-order valence-electron chi connectivity index (χ1n) is 23.5. The van der Waals surface area contributed by atoms with E-state index in [0.717, 1.165) is 77.0 Å². The minimum Gasteiger partial charge on any atom is -0.462 e. The summed E-state index contributed by atoms with van der Waals surface area (Å²) in [5.74, 6) is -1.22. The van der Waals surface area contributed by atoms with Crippen molar-refractivity contribution in [3.63, 3.8) is 0 Å². The quantitative estimate of drug-likeness (QED) is 0.0132. The standard InChI is InChI=1S/C45H82O16P2/c1-3-5-7-9-11-13-15-17-19-21-23-25-27-29-31-33-38(46)57-35-37(59-39(47)34-32-30-28-26-24-22-20-18-16-14-12-10-8-6-4-2)36-58-63(55,56)61-45-42(50)40(48)41(49)44(43(45)51)60-62(52,53)54/h5,7,11,13,17,19,37,40-45,48-51H,3-4,6,8-10,12,14-16,18,20-36H2,1-2H3,(H,55,56)(H2,52,53,54)/t37-,40?,41?,42?,43?,44-,45+/m1/s1. The fourth-order valence-corrected chi connectivity index (χ4v) is 8.64. The first kappa shape index (κ1) is 59.2. The fourth-order valence-electron chi connectivity index (χ4n) is 7.10. The van der Waals surface area contributed by atoms with Gasteiger partial charge in [-0.1, -0.05) is 159 Å². The van der Waals surface area contributed by atoms with Gasteiger partial charge in [0.1, 0.15) is 43.2 Å². The number of ether oxygens (including phenoxy) is 2. The molecule has 0 amide bonds. The van der Waals surface area contributed by atoms with E-state index in [-0.39, 0.29) is 12.8 Å². The molecule has 0 spiro atoms. The van der Waals surface area contributed by atoms with E-state index in [1.165, 1.54) is 64.2 Å². The highest BCUT2D eigenvalue weighted by atomic mass is 31.2. The Bertz CT molecular complexity index is 1370. The molecule has 8 atom stereocenters. The van der Waals surface area contributed by atoms with Gasteiger partial charge in [0.2, 0.25) is 0 Å². The van der Waals surface area contributed by atoms with E-state index in [0.29, 0.717) is 12.8 Å². The Labute approximate surface area is 376 Å². The molecule has 1 rings (SSSR count). The third kappa shape index (κ3) is 30.9. The zero-order valence-corrected chi connectivity index (χ0v) is 39.8. The highest BCUT2D eigenvalue weighted by molar-refractivity contribution is 7.47. The first-order chi connectivity index (χ1) is 30.1. The molecule has 0 saturated heterocycles. The van der Waals surface area contributed by atoms with Gasteiger partial charge in [-0.15, -0.1) is 0 Å². The highest BCUT2D eigenvalue weighted by Crippen LogP contribution is 2.49. The molecule has 0 aliphatic heterocycles. The predicted molar refractivity (Wildman–Crippen MR) is 241 cm³/mol. The van der Waals surface area contributed by atoms with Gasteiger partial charge in [0.15, 0.2) is 6.10 Å². The number of hydrogen-bond acceptors (Lipinski definition) is 13. The maximum Gasteiger partial charge on any atom is 0.472 e. The summed E-state index contributed by atoms with van der Waals surface area (Å²) in [6, 6.07) is 0. The molecule has 0 radical (unpaired) electrons. The molecule has 0 aromatic heterocycles. The Balaban J connectivity index is 2.60. The SMILES string of the molecule is CCC=CCC=CCC=CCCCCCCCC(=O)OC[C@H](COP(=O)(O)O[C@H]1C(O)C(O)C(O)[C@@H](OP(=O)(O)O)C1O)OC(=O)CCCCCCCCCCCCCCCCC. The Morgan fingerprint density at radius 2 is 0.968 bits per heavy atom. The molecule has 1 fully saturated rings. The molecule has 18 heteroatoms. The summed E-state index contributed by atoms with van der Waals surface area (Å²) in [6.45, 7) is 2.99. The zero-order chi connectivity index (χ0) is 46.8. The number of carbonyl (C=O) groups excluding carboxylic acids is 2. The molecule has 368 valence electrons. The number of carbonyl (C=O) groups is 2. The van der Waals surface area contributed by atoms with E-state index in [2.05, 4.69) is 54.8 Å². The molecule has 63 heavy (non-hydrogen) atoms. The van der Waals surface area contributed by atoms with Crippen molar-refractivity contribution < 1.29 is 76.9 Å². The molecular weight excluding hydrogens is 858 g/mol. The summed E-state index contributed by atoms with van der Waals surface area (Å²) in [5, 5.41) is 41.2. The van der Waals surface area contributed by atoms with Crippen molar-refractivity contribution in [2.75, 3.05) is 13.2 Å². The van der Waals surface area contributed by atoms with Gasteiger partial charge in [-0.3, -0.25) is 23.2 Å². The fraction of sp³-hybridized carbons (Fsp3) is 0.822. The maximum atomic E-state index is 13.0. The van der Waals surface area contributed by atoms with Crippen LogP contribution >= 0.6 is 15.6 Å². The molecule has 0 aromatic rings. The normalized spacial score (nSPS) is 22.2. The van der Waals surface area contributed by atoms with Gasteiger partial charge in [-0.2, -0.15) is 0 Å². The van der Waals surface area contributed by atoms with Gasteiger partial charge < -0.3 is 44.6 Å². The van der Waals surface area contributed by atoms with Gasteiger partial charge in [0, 0.05) is 12.8 Å². The van der Waals surface area contributed by atoms with E-state index in [4.69, 9.17) is 28.3 Å². The Morgan fingerprint density at radius 3 is 1.48 bits per heavy atom. The van der Waals surface area contributed by atoms with E-state index in [1.54, 1.807) is 0 Å². The lowest BCUT2D eigenvalue weighted by atomic mass is 9.85. The van der Waals surface area contributed by atoms with Gasteiger partial charge >= 0.3 is 27.6 Å². The van der Waals surface area contributed by atoms with E-state index in [9.17, 15) is 44.0 Å². The van der Waals surface area contributed by atoms with Crippen LogP contribution in [0, 0.1) is 0 Å². The summed E-state index contributed by atoms with van der Waals surface area (Å²) in [6.07, 6.45) is 23.9. The van der Waals surface area contributed by atoms with Crippen molar-refractivity contribution in [1.29, 1.82) is 0 Å². The summed E-state index contributed by atoms with van der Waals surface area (Å²) < 4.78 is 49.3. The lowest BCUT2D eigenvalue weighted by molar-refractivity contribution is -0.216. The predicted octanol–water partition coefficient (Wildman–Crippen LogP) is 8.73. The molecule has 1 saturated carbocycles. The van der Waals surface area contributed by atoms with Crippen LogP contribution in [0.15, 0.2) is 36.5 Å². The van der Waals surface area contributed by atoms with Crippen LogP contribution in [0.25, 0.3) is 0 Å². The topological polar surface area (TPSA) is 256 Å². The molecule has 1 aliphatic rings. The van der Waals surface area contributed by atoms with Crippen molar-refractivity contribution >= 4 is 27.6 Å². The number of phosphoric acid groups is 2. The third-order valence-electron chi connectivity index (χ3n) is 10.7. The summed E-state index contributed by atoms with van der Waals surface area (Å²) in [5.41, 5.74) is 0. The number of aliphatic hydroxyl groups excluding tert-OH is 4. The van der Waals surface area contributed by atoms with Crippen molar-refractivity contribution in [3.05, 3.63) is 36.5 Å². The van der Waals surface area contributed by atoms with Gasteiger partial charge in [-0.05, 0) is 44.9 Å². The largest absolute Gasteiger partial charge is 0.472 e. The third-order valence-corrected chi connectivity index (χ3v) is 12.2. The Hall–Kier alpha value is -1.78. The van der Waals surface area contributed by atoms with Crippen molar-refractivity contribution in [1.82, 2.24) is 0 Å². The Morgan fingerprint density at radius 1 is 0.524 bits per heavy atom. The van der Waals surface area contributed by atoms with Crippen LogP contribution in [0.3, 0.4) is 0 Å². The number of aliphatic hydroxyl groups is 4. The molecule has 0 heterocycles. The number of hydrogen-bond donors (Lipinski definition) is 7. The number of unbranched alkanes of at least 4 members (excludes halogenated alkanes) is 19.